The monoisotopic (exact) mass is 350 g/mol. The van der Waals surface area contributed by atoms with E-state index in [1.165, 1.54) is 0 Å². The number of carbonyl (C=O) groups is 1. The molecule has 6 nitrogen and oxygen atoms in total. The van der Waals surface area contributed by atoms with Crippen LogP contribution < -0.4 is 5.32 Å². The van der Waals surface area contributed by atoms with E-state index in [1.807, 2.05) is 36.6 Å². The van der Waals surface area contributed by atoms with Crippen molar-refractivity contribution in [2.45, 2.75) is 39.3 Å². The predicted octanol–water partition coefficient (Wildman–Crippen LogP) is 2.05. The second-order valence-electron chi connectivity index (χ2n) is 6.81. The topological polar surface area (TPSA) is 81.3 Å². The van der Waals surface area contributed by atoms with E-state index in [0.29, 0.717) is 18.5 Å². The van der Waals surface area contributed by atoms with Crippen molar-refractivity contribution in [3.05, 3.63) is 47.2 Å². The summed E-state index contributed by atoms with van der Waals surface area (Å²) in [5, 5.41) is 2.91. The fraction of sp³-hybridized carbons (Fsp3) is 0.471. The summed E-state index contributed by atoms with van der Waals surface area (Å²) in [6.45, 7) is 6.17. The molecule has 1 atom stereocenters. The van der Waals surface area contributed by atoms with Crippen LogP contribution in [-0.2, 0) is 16.4 Å². The lowest BCUT2D eigenvalue weighted by Gasteiger charge is -2.23. The summed E-state index contributed by atoms with van der Waals surface area (Å²) in [4.78, 5) is 12.7. The van der Waals surface area contributed by atoms with Crippen molar-refractivity contribution in [3.8, 4) is 0 Å². The smallest absolute Gasteiger partial charge is 0.253 e. The number of carbonyl (C=O) groups excluding carboxylic acids is 1. The largest absolute Gasteiger partial charge is 0.467 e. The van der Waals surface area contributed by atoms with Crippen molar-refractivity contribution in [1.82, 2.24) is 9.88 Å². The molecule has 0 bridgehead atoms. The molecule has 1 amide bonds. The number of nitrogens with one attached hydrogen (secondary N) is 1. The number of rotatable bonds is 4. The number of amides is 1. The summed E-state index contributed by atoms with van der Waals surface area (Å²) in [6.07, 6.45) is 2.07. The van der Waals surface area contributed by atoms with Gasteiger partial charge in [-0.25, -0.2) is 8.42 Å². The van der Waals surface area contributed by atoms with Gasteiger partial charge in [0.15, 0.2) is 9.84 Å². The fourth-order valence-electron chi connectivity index (χ4n) is 3.28. The van der Waals surface area contributed by atoms with Crippen LogP contribution in [0.15, 0.2) is 28.9 Å². The number of hydrogen-bond donors (Lipinski definition) is 1. The quantitative estimate of drug-likeness (QED) is 0.915. The van der Waals surface area contributed by atoms with Gasteiger partial charge in [0.25, 0.3) is 5.91 Å². The molecule has 0 spiro atoms. The van der Waals surface area contributed by atoms with Gasteiger partial charge < -0.3 is 14.3 Å². The lowest BCUT2D eigenvalue weighted by molar-refractivity contribution is 0.0914. The molecule has 0 aliphatic carbocycles. The number of hydrogen-bond acceptors (Lipinski definition) is 4. The van der Waals surface area contributed by atoms with Crippen molar-refractivity contribution in [3.63, 3.8) is 0 Å². The van der Waals surface area contributed by atoms with E-state index in [1.54, 1.807) is 13.2 Å². The van der Waals surface area contributed by atoms with Gasteiger partial charge in [-0.2, -0.15) is 0 Å². The minimum Gasteiger partial charge on any atom is -0.467 e. The zero-order valence-electron chi connectivity index (χ0n) is 14.1. The first-order chi connectivity index (χ1) is 11.2. The normalized spacial score (nSPS) is 22.6. The average molecular weight is 350 g/mol. The number of furan rings is 1. The van der Waals surface area contributed by atoms with Crippen LogP contribution >= 0.6 is 0 Å². The lowest BCUT2D eigenvalue weighted by atomic mass is 10.0. The highest BCUT2D eigenvalue weighted by Gasteiger charge is 2.39. The molecule has 0 saturated carbocycles. The van der Waals surface area contributed by atoms with Gasteiger partial charge in [0.05, 0.1) is 35.4 Å². The highest BCUT2D eigenvalue weighted by atomic mass is 32.2. The maximum atomic E-state index is 12.7. The highest BCUT2D eigenvalue weighted by Crippen LogP contribution is 2.24. The molecule has 1 unspecified atom stereocenters. The second-order valence-corrected chi connectivity index (χ2v) is 8.99. The zero-order valence-corrected chi connectivity index (χ0v) is 14.9. The molecule has 0 radical (unpaired) electrons. The molecule has 3 heterocycles. The second kappa shape index (κ2) is 5.81. The van der Waals surface area contributed by atoms with E-state index in [2.05, 4.69) is 5.32 Å². The molecule has 2 aromatic heterocycles. The Kier molecular flexibility index (Phi) is 4.07. The van der Waals surface area contributed by atoms with Gasteiger partial charge in [0, 0.05) is 11.4 Å². The summed E-state index contributed by atoms with van der Waals surface area (Å²) >= 11 is 0. The summed E-state index contributed by atoms with van der Waals surface area (Å²) < 4.78 is 30.8. The van der Waals surface area contributed by atoms with E-state index in [0.717, 1.165) is 17.1 Å². The van der Waals surface area contributed by atoms with Crippen molar-refractivity contribution in [2.75, 3.05) is 11.5 Å². The molecule has 130 valence electrons. The summed E-state index contributed by atoms with van der Waals surface area (Å²) in [7, 11) is -3.06. The first-order valence-electron chi connectivity index (χ1n) is 7.91. The van der Waals surface area contributed by atoms with E-state index in [4.69, 9.17) is 4.42 Å². The van der Waals surface area contributed by atoms with Crippen LogP contribution in [0.4, 0.5) is 0 Å². The maximum absolute atomic E-state index is 12.7. The van der Waals surface area contributed by atoms with Gasteiger partial charge in [0.2, 0.25) is 0 Å². The Hall–Kier alpha value is -2.02. The Morgan fingerprint density at radius 1 is 1.42 bits per heavy atom. The van der Waals surface area contributed by atoms with Gasteiger partial charge >= 0.3 is 0 Å². The molecule has 1 fully saturated rings. The van der Waals surface area contributed by atoms with E-state index >= 15 is 0 Å². The first-order valence-corrected chi connectivity index (χ1v) is 9.73. The Bertz CT molecular complexity index is 865. The van der Waals surface area contributed by atoms with Crippen LogP contribution in [0.25, 0.3) is 0 Å². The van der Waals surface area contributed by atoms with Gasteiger partial charge in [-0.15, -0.1) is 0 Å². The van der Waals surface area contributed by atoms with Crippen LogP contribution in [0.3, 0.4) is 0 Å². The van der Waals surface area contributed by atoms with Crippen molar-refractivity contribution in [2.24, 2.45) is 0 Å². The fourth-order valence-corrected chi connectivity index (χ4v) is 5.38. The molecule has 1 saturated heterocycles. The molecular weight excluding hydrogens is 328 g/mol. The standard InChI is InChI=1S/C17H22N2O4S/c1-12-9-15(13(2)19(12)10-14-5-4-7-23-14)16(20)18-17(3)6-8-24(21,22)11-17/h4-5,7,9H,6,8,10-11H2,1-3H3,(H,18,20). The van der Waals surface area contributed by atoms with Crippen LogP contribution in [0.5, 0.6) is 0 Å². The molecule has 0 aromatic carbocycles. The van der Waals surface area contributed by atoms with Crippen LogP contribution in [0.2, 0.25) is 0 Å². The molecule has 1 aliphatic rings. The third kappa shape index (κ3) is 3.26. The Morgan fingerprint density at radius 2 is 2.17 bits per heavy atom. The third-order valence-electron chi connectivity index (χ3n) is 4.63. The SMILES string of the molecule is Cc1cc(C(=O)NC2(C)CCS(=O)(=O)C2)c(C)n1Cc1ccco1. The zero-order chi connectivity index (χ0) is 17.5. The summed E-state index contributed by atoms with van der Waals surface area (Å²) in [5.74, 6) is 0.712. The Morgan fingerprint density at radius 3 is 2.75 bits per heavy atom. The minimum absolute atomic E-state index is 0.00310. The van der Waals surface area contributed by atoms with Gasteiger partial charge in [-0.1, -0.05) is 0 Å². The number of nitrogens with zero attached hydrogens (tertiary/aromatic N) is 1. The number of aromatic nitrogens is 1. The molecule has 1 N–H and O–H groups in total. The van der Waals surface area contributed by atoms with E-state index in [9.17, 15) is 13.2 Å². The van der Waals surface area contributed by atoms with Crippen LogP contribution in [-0.4, -0.2) is 35.9 Å². The molecule has 1 aliphatic heterocycles. The Labute approximate surface area is 141 Å². The van der Waals surface area contributed by atoms with Gasteiger partial charge in [-0.05, 0) is 45.4 Å². The summed E-state index contributed by atoms with van der Waals surface area (Å²) in [6, 6.07) is 5.56. The Balaban J connectivity index is 1.81. The summed E-state index contributed by atoms with van der Waals surface area (Å²) in [5.41, 5.74) is 1.67. The molecule has 7 heteroatoms. The maximum Gasteiger partial charge on any atom is 0.253 e. The van der Waals surface area contributed by atoms with Crippen molar-refractivity contribution in [1.29, 1.82) is 0 Å². The third-order valence-corrected chi connectivity index (χ3v) is 6.53. The van der Waals surface area contributed by atoms with Crippen molar-refractivity contribution >= 4 is 15.7 Å². The van der Waals surface area contributed by atoms with Crippen LogP contribution in [0.1, 0.15) is 40.9 Å². The lowest BCUT2D eigenvalue weighted by Crippen LogP contribution is -2.47. The molecule has 2 aromatic rings. The molecular formula is C17H22N2O4S. The number of sulfone groups is 1. The van der Waals surface area contributed by atoms with Crippen molar-refractivity contribution < 1.29 is 17.6 Å². The molecule has 3 rings (SSSR count). The predicted molar refractivity (Wildman–Crippen MR) is 90.9 cm³/mol. The van der Waals surface area contributed by atoms with Gasteiger partial charge in [-0.3, -0.25) is 4.79 Å². The van der Waals surface area contributed by atoms with E-state index in [-0.39, 0.29) is 17.4 Å². The van der Waals surface area contributed by atoms with Crippen LogP contribution in [0, 0.1) is 13.8 Å². The average Bonchev–Trinajstić information content (AvgIpc) is 3.15. The first kappa shape index (κ1) is 16.8. The molecule has 24 heavy (non-hydrogen) atoms. The van der Waals surface area contributed by atoms with Gasteiger partial charge in [0.1, 0.15) is 5.76 Å². The van der Waals surface area contributed by atoms with E-state index < -0.39 is 15.4 Å². The highest BCUT2D eigenvalue weighted by molar-refractivity contribution is 7.91. The number of aryl methyl sites for hydroxylation is 1. The minimum atomic E-state index is -3.06.